The zero-order valence-electron chi connectivity index (χ0n) is 13.2. The second-order valence-electron chi connectivity index (χ2n) is 4.93. The number of hydrogen-bond acceptors (Lipinski definition) is 3. The number of rotatable bonds is 7. The summed E-state index contributed by atoms with van der Waals surface area (Å²) in [5.74, 6) is -0.807. The summed E-state index contributed by atoms with van der Waals surface area (Å²) in [4.78, 5) is 24.5. The average molecular weight is 367 g/mol. The molecule has 0 spiro atoms. The van der Waals surface area contributed by atoms with Crippen LogP contribution in [0, 0.1) is 0 Å². The van der Waals surface area contributed by atoms with Crippen LogP contribution in [0.15, 0.2) is 18.2 Å². The molecule has 0 radical (unpaired) electrons. The Morgan fingerprint density at radius 2 is 2.00 bits per heavy atom. The Hall–Kier alpha value is -1.80. The van der Waals surface area contributed by atoms with Gasteiger partial charge in [0.1, 0.15) is 0 Å². The second kappa shape index (κ2) is 8.89. The van der Waals surface area contributed by atoms with Crippen LogP contribution in [0.5, 0.6) is 0 Å². The van der Waals surface area contributed by atoms with Gasteiger partial charge < -0.3 is 15.0 Å². The molecule has 0 unspecified atom stereocenters. The molecular weight excluding hydrogens is 349 g/mol. The molecule has 5 nitrogen and oxygen atoms in total. The monoisotopic (exact) mass is 366 g/mol. The van der Waals surface area contributed by atoms with Crippen molar-refractivity contribution < 1.29 is 27.5 Å². The van der Waals surface area contributed by atoms with Gasteiger partial charge in [-0.3, -0.25) is 9.59 Å². The number of nitrogens with one attached hydrogen (secondary N) is 1. The molecule has 24 heavy (non-hydrogen) atoms. The van der Waals surface area contributed by atoms with Gasteiger partial charge in [0, 0.05) is 39.2 Å². The number of ether oxygens (including phenoxy) is 1. The Morgan fingerprint density at radius 1 is 1.33 bits per heavy atom. The molecule has 0 saturated carbocycles. The van der Waals surface area contributed by atoms with E-state index in [4.69, 9.17) is 16.3 Å². The molecule has 9 heteroatoms. The number of carbonyl (C=O) groups is 2. The molecule has 0 atom stereocenters. The van der Waals surface area contributed by atoms with Crippen LogP contribution < -0.4 is 10.2 Å². The third kappa shape index (κ3) is 6.01. The molecule has 0 bridgehead atoms. The number of nitrogens with zero attached hydrogens (tertiary/aromatic N) is 1. The first-order chi connectivity index (χ1) is 11.2. The van der Waals surface area contributed by atoms with Gasteiger partial charge >= 0.3 is 6.18 Å². The number of anilines is 1. The molecule has 0 aliphatic rings. The second-order valence-corrected chi connectivity index (χ2v) is 5.33. The van der Waals surface area contributed by atoms with E-state index in [2.05, 4.69) is 5.32 Å². The molecule has 0 aliphatic heterocycles. The molecule has 0 fully saturated rings. The molecular formula is C15H18ClF3N2O3. The van der Waals surface area contributed by atoms with E-state index in [-0.39, 0.29) is 24.6 Å². The molecule has 1 N–H and O–H groups in total. The number of halogens is 4. The summed E-state index contributed by atoms with van der Waals surface area (Å²) in [6.07, 6.45) is -4.68. The quantitative estimate of drug-likeness (QED) is 0.755. The predicted octanol–water partition coefficient (Wildman–Crippen LogP) is 2.86. The fourth-order valence-electron chi connectivity index (χ4n) is 1.96. The largest absolute Gasteiger partial charge is 0.417 e. The van der Waals surface area contributed by atoms with Gasteiger partial charge in [-0.25, -0.2) is 0 Å². The van der Waals surface area contributed by atoms with Crippen LogP contribution in [0.2, 0.25) is 5.02 Å². The van der Waals surface area contributed by atoms with Crippen molar-refractivity contribution in [3.05, 3.63) is 28.8 Å². The summed E-state index contributed by atoms with van der Waals surface area (Å²) in [7, 11) is 1.49. The Labute approximate surface area is 142 Å². The van der Waals surface area contributed by atoms with Gasteiger partial charge in [0.2, 0.25) is 11.8 Å². The molecule has 0 aliphatic carbocycles. The Morgan fingerprint density at radius 3 is 2.54 bits per heavy atom. The normalized spacial score (nSPS) is 11.2. The molecule has 2 amide bonds. The molecule has 0 saturated heterocycles. The molecule has 134 valence electrons. The lowest BCUT2D eigenvalue weighted by atomic mass is 10.1. The fraction of sp³-hybridized carbons (Fsp3) is 0.467. The van der Waals surface area contributed by atoms with E-state index >= 15 is 0 Å². The van der Waals surface area contributed by atoms with Gasteiger partial charge in [-0.1, -0.05) is 11.6 Å². The van der Waals surface area contributed by atoms with Crippen molar-refractivity contribution in [2.75, 3.05) is 31.7 Å². The predicted molar refractivity (Wildman–Crippen MR) is 84.0 cm³/mol. The third-order valence-corrected chi connectivity index (χ3v) is 3.47. The first-order valence-corrected chi connectivity index (χ1v) is 7.45. The number of hydrogen-bond donors (Lipinski definition) is 1. The van der Waals surface area contributed by atoms with E-state index < -0.39 is 22.7 Å². The van der Waals surface area contributed by atoms with Crippen LogP contribution in [0.1, 0.15) is 18.9 Å². The van der Waals surface area contributed by atoms with E-state index in [0.29, 0.717) is 13.2 Å². The highest BCUT2D eigenvalue weighted by Gasteiger charge is 2.34. The Balaban J connectivity index is 2.86. The topological polar surface area (TPSA) is 58.6 Å². The lowest BCUT2D eigenvalue weighted by Crippen LogP contribution is -2.35. The van der Waals surface area contributed by atoms with Crippen LogP contribution in [-0.2, 0) is 20.5 Å². The SMILES string of the molecule is COCCNC(=O)CCN(C(C)=O)c1ccc(Cl)c(C(F)(F)F)c1. The highest BCUT2D eigenvalue weighted by atomic mass is 35.5. The zero-order chi connectivity index (χ0) is 18.3. The van der Waals surface area contributed by atoms with Crippen molar-refractivity contribution in [3.8, 4) is 0 Å². The molecule has 0 aromatic heterocycles. The zero-order valence-corrected chi connectivity index (χ0v) is 14.0. The average Bonchev–Trinajstić information content (AvgIpc) is 2.47. The summed E-state index contributed by atoms with van der Waals surface area (Å²) < 4.78 is 43.5. The minimum absolute atomic E-state index is 0.0314. The van der Waals surface area contributed by atoms with Crippen molar-refractivity contribution in [3.63, 3.8) is 0 Å². The highest BCUT2D eigenvalue weighted by molar-refractivity contribution is 6.31. The van der Waals surface area contributed by atoms with E-state index in [1.165, 1.54) is 20.1 Å². The summed E-state index contributed by atoms with van der Waals surface area (Å²) in [5.41, 5.74) is -0.999. The van der Waals surface area contributed by atoms with Crippen LogP contribution in [-0.4, -0.2) is 38.6 Å². The third-order valence-electron chi connectivity index (χ3n) is 3.14. The molecule has 1 aromatic rings. The van der Waals surface area contributed by atoms with Gasteiger partial charge in [-0.15, -0.1) is 0 Å². The number of carbonyl (C=O) groups excluding carboxylic acids is 2. The maximum absolute atomic E-state index is 12.9. The fourth-order valence-corrected chi connectivity index (χ4v) is 2.19. The van der Waals surface area contributed by atoms with E-state index in [1.54, 1.807) is 0 Å². The van der Waals surface area contributed by atoms with E-state index in [1.807, 2.05) is 0 Å². The van der Waals surface area contributed by atoms with Crippen LogP contribution in [0.25, 0.3) is 0 Å². The highest BCUT2D eigenvalue weighted by Crippen LogP contribution is 2.37. The van der Waals surface area contributed by atoms with Crippen molar-refractivity contribution in [2.45, 2.75) is 19.5 Å². The number of amides is 2. The van der Waals surface area contributed by atoms with Crippen molar-refractivity contribution >= 4 is 29.1 Å². The number of methoxy groups -OCH3 is 1. The summed E-state index contributed by atoms with van der Waals surface area (Å²) in [6.45, 7) is 1.82. The van der Waals surface area contributed by atoms with Crippen molar-refractivity contribution in [2.24, 2.45) is 0 Å². The van der Waals surface area contributed by atoms with E-state index in [9.17, 15) is 22.8 Å². The minimum atomic E-state index is -4.63. The van der Waals surface area contributed by atoms with E-state index in [0.717, 1.165) is 17.0 Å². The van der Waals surface area contributed by atoms with Crippen LogP contribution >= 0.6 is 11.6 Å². The van der Waals surface area contributed by atoms with Crippen LogP contribution in [0.3, 0.4) is 0 Å². The maximum Gasteiger partial charge on any atom is 0.417 e. The summed E-state index contributed by atoms with van der Waals surface area (Å²) >= 11 is 5.56. The Bertz CT molecular complexity index is 594. The van der Waals surface area contributed by atoms with Gasteiger partial charge in [0.25, 0.3) is 0 Å². The minimum Gasteiger partial charge on any atom is -0.383 e. The van der Waals surface area contributed by atoms with Crippen molar-refractivity contribution in [1.29, 1.82) is 0 Å². The standard InChI is InChI=1S/C15H18ClF3N2O3/c1-10(22)21(7-5-14(23)20-6-8-24-2)11-3-4-13(16)12(9-11)15(17,18)19/h3-4,9H,5-8H2,1-2H3,(H,20,23). The van der Waals surface area contributed by atoms with Gasteiger partial charge in [0.05, 0.1) is 17.2 Å². The molecule has 0 heterocycles. The van der Waals surface area contributed by atoms with Crippen molar-refractivity contribution in [1.82, 2.24) is 5.32 Å². The molecule has 1 aromatic carbocycles. The maximum atomic E-state index is 12.9. The van der Waals surface area contributed by atoms with Gasteiger partial charge in [0.15, 0.2) is 0 Å². The Kier molecular flexibility index (Phi) is 7.50. The summed E-state index contributed by atoms with van der Waals surface area (Å²) in [6, 6.07) is 3.18. The first kappa shape index (κ1) is 20.2. The van der Waals surface area contributed by atoms with Crippen LogP contribution in [0.4, 0.5) is 18.9 Å². The lowest BCUT2D eigenvalue weighted by molar-refractivity contribution is -0.137. The number of alkyl halides is 3. The first-order valence-electron chi connectivity index (χ1n) is 7.07. The smallest absolute Gasteiger partial charge is 0.383 e. The lowest BCUT2D eigenvalue weighted by Gasteiger charge is -2.22. The van der Waals surface area contributed by atoms with Gasteiger partial charge in [-0.05, 0) is 18.2 Å². The molecule has 1 rings (SSSR count). The van der Waals surface area contributed by atoms with Gasteiger partial charge in [-0.2, -0.15) is 13.2 Å². The number of benzene rings is 1. The summed E-state index contributed by atoms with van der Waals surface area (Å²) in [5, 5.41) is 2.12.